The van der Waals surface area contributed by atoms with Crippen molar-refractivity contribution in [2.24, 2.45) is 0 Å². The second-order valence-electron chi connectivity index (χ2n) is 4.12. The third-order valence-electron chi connectivity index (χ3n) is 3.17. The molecule has 1 saturated heterocycles. The minimum atomic E-state index is 0.218. The molecule has 1 aliphatic rings. The zero-order valence-corrected chi connectivity index (χ0v) is 9.73. The normalized spacial score (nSPS) is 19.9. The van der Waals surface area contributed by atoms with Crippen molar-refractivity contribution >= 4 is 12.2 Å². The number of nitrogens with zero attached hydrogens (tertiary/aromatic N) is 2. The Hall–Kier alpha value is -1.58. The summed E-state index contributed by atoms with van der Waals surface area (Å²) < 4.78 is 0. The standard InChI is InChI=1S/C12H17N3O/c1-9-10(5-6-12(13-2)14-9)11-4-3-7-15(11)8-16/h5-6,8,11H,3-4,7H2,1-2H3,(H,13,14)/t11-/m0/s1. The molecule has 16 heavy (non-hydrogen) atoms. The number of pyridine rings is 1. The monoisotopic (exact) mass is 219 g/mol. The minimum absolute atomic E-state index is 0.218. The average Bonchev–Trinajstić information content (AvgIpc) is 2.76. The van der Waals surface area contributed by atoms with Gasteiger partial charge in [-0.1, -0.05) is 6.07 Å². The van der Waals surface area contributed by atoms with Crippen molar-refractivity contribution in [2.75, 3.05) is 18.9 Å². The zero-order valence-electron chi connectivity index (χ0n) is 9.73. The summed E-state index contributed by atoms with van der Waals surface area (Å²) in [6, 6.07) is 4.25. The number of rotatable bonds is 3. The molecule has 86 valence electrons. The highest BCUT2D eigenvalue weighted by Crippen LogP contribution is 2.32. The van der Waals surface area contributed by atoms with E-state index in [-0.39, 0.29) is 6.04 Å². The third-order valence-corrected chi connectivity index (χ3v) is 3.17. The second-order valence-corrected chi connectivity index (χ2v) is 4.12. The Morgan fingerprint density at radius 1 is 1.56 bits per heavy atom. The van der Waals surface area contributed by atoms with Crippen LogP contribution in [0.2, 0.25) is 0 Å². The van der Waals surface area contributed by atoms with Crippen LogP contribution < -0.4 is 5.32 Å². The lowest BCUT2D eigenvalue weighted by Gasteiger charge is -2.21. The van der Waals surface area contributed by atoms with Gasteiger partial charge in [0.25, 0.3) is 0 Å². The summed E-state index contributed by atoms with van der Waals surface area (Å²) >= 11 is 0. The number of hydrogen-bond donors (Lipinski definition) is 1. The molecular formula is C12H17N3O. The number of carbonyl (C=O) groups is 1. The summed E-state index contributed by atoms with van der Waals surface area (Å²) in [5.74, 6) is 0.872. The van der Waals surface area contributed by atoms with Gasteiger partial charge in [-0.3, -0.25) is 4.79 Å². The molecule has 4 heteroatoms. The van der Waals surface area contributed by atoms with E-state index < -0.39 is 0 Å². The van der Waals surface area contributed by atoms with Gasteiger partial charge < -0.3 is 10.2 Å². The van der Waals surface area contributed by atoms with Gasteiger partial charge in [-0.25, -0.2) is 4.98 Å². The first-order chi connectivity index (χ1) is 7.76. The van der Waals surface area contributed by atoms with E-state index in [4.69, 9.17) is 0 Å². The van der Waals surface area contributed by atoms with Crippen LogP contribution in [-0.4, -0.2) is 29.9 Å². The van der Waals surface area contributed by atoms with Crippen molar-refractivity contribution in [3.05, 3.63) is 23.4 Å². The van der Waals surface area contributed by atoms with Gasteiger partial charge in [0.05, 0.1) is 6.04 Å². The minimum Gasteiger partial charge on any atom is -0.373 e. The van der Waals surface area contributed by atoms with Gasteiger partial charge in [-0.05, 0) is 31.4 Å². The van der Waals surface area contributed by atoms with Crippen LogP contribution in [0.15, 0.2) is 12.1 Å². The number of aromatic nitrogens is 1. The van der Waals surface area contributed by atoms with Gasteiger partial charge in [0.2, 0.25) is 6.41 Å². The molecule has 2 rings (SSSR count). The number of anilines is 1. The molecule has 1 N–H and O–H groups in total. The molecule has 0 unspecified atom stereocenters. The molecule has 0 aromatic carbocycles. The number of hydrogen-bond acceptors (Lipinski definition) is 3. The Morgan fingerprint density at radius 2 is 2.38 bits per heavy atom. The lowest BCUT2D eigenvalue weighted by atomic mass is 10.0. The van der Waals surface area contributed by atoms with E-state index in [1.165, 1.54) is 5.56 Å². The lowest BCUT2D eigenvalue weighted by molar-refractivity contribution is -0.118. The zero-order chi connectivity index (χ0) is 11.5. The van der Waals surface area contributed by atoms with Crippen LogP contribution >= 0.6 is 0 Å². The lowest BCUT2D eigenvalue weighted by Crippen LogP contribution is -2.22. The summed E-state index contributed by atoms with van der Waals surface area (Å²) in [6.07, 6.45) is 3.07. The highest BCUT2D eigenvalue weighted by atomic mass is 16.1. The molecule has 0 bridgehead atoms. The Morgan fingerprint density at radius 3 is 3.00 bits per heavy atom. The van der Waals surface area contributed by atoms with Crippen LogP contribution in [-0.2, 0) is 4.79 Å². The predicted molar refractivity (Wildman–Crippen MR) is 63.3 cm³/mol. The van der Waals surface area contributed by atoms with Crippen molar-refractivity contribution in [1.82, 2.24) is 9.88 Å². The molecule has 1 aromatic heterocycles. The summed E-state index contributed by atoms with van der Waals surface area (Å²) in [4.78, 5) is 17.2. The van der Waals surface area contributed by atoms with Crippen molar-refractivity contribution in [2.45, 2.75) is 25.8 Å². The number of amides is 1. The van der Waals surface area contributed by atoms with E-state index in [2.05, 4.69) is 16.4 Å². The Kier molecular flexibility index (Phi) is 3.08. The van der Waals surface area contributed by atoms with Gasteiger partial charge in [-0.15, -0.1) is 0 Å². The van der Waals surface area contributed by atoms with Gasteiger partial charge in [0.1, 0.15) is 5.82 Å². The summed E-state index contributed by atoms with van der Waals surface area (Å²) in [6.45, 7) is 2.86. The first-order valence-electron chi connectivity index (χ1n) is 5.62. The Labute approximate surface area is 95.7 Å². The molecule has 0 saturated carbocycles. The fourth-order valence-corrected chi connectivity index (χ4v) is 2.31. The van der Waals surface area contributed by atoms with Gasteiger partial charge in [-0.2, -0.15) is 0 Å². The first-order valence-corrected chi connectivity index (χ1v) is 5.62. The molecule has 0 spiro atoms. The van der Waals surface area contributed by atoms with Crippen LogP contribution in [0.1, 0.15) is 30.1 Å². The molecule has 1 amide bonds. The van der Waals surface area contributed by atoms with E-state index in [0.29, 0.717) is 0 Å². The average molecular weight is 219 g/mol. The molecule has 1 fully saturated rings. The molecule has 4 nitrogen and oxygen atoms in total. The molecule has 1 aliphatic heterocycles. The van der Waals surface area contributed by atoms with Crippen molar-refractivity contribution in [1.29, 1.82) is 0 Å². The molecule has 1 aromatic rings. The van der Waals surface area contributed by atoms with Crippen LogP contribution in [0.25, 0.3) is 0 Å². The maximum atomic E-state index is 10.9. The van der Waals surface area contributed by atoms with E-state index in [0.717, 1.165) is 37.3 Å². The Balaban J connectivity index is 2.29. The quantitative estimate of drug-likeness (QED) is 0.787. The van der Waals surface area contributed by atoms with Crippen molar-refractivity contribution in [3.8, 4) is 0 Å². The smallest absolute Gasteiger partial charge is 0.210 e. The van der Waals surface area contributed by atoms with Gasteiger partial charge in [0, 0.05) is 19.3 Å². The van der Waals surface area contributed by atoms with E-state index in [1.807, 2.05) is 24.9 Å². The molecular weight excluding hydrogens is 202 g/mol. The summed E-state index contributed by atoms with van der Waals surface area (Å²) in [7, 11) is 1.86. The molecule has 0 aliphatic carbocycles. The topological polar surface area (TPSA) is 45.2 Å². The van der Waals surface area contributed by atoms with Gasteiger partial charge >= 0.3 is 0 Å². The number of nitrogens with one attached hydrogen (secondary N) is 1. The third kappa shape index (κ3) is 1.87. The largest absolute Gasteiger partial charge is 0.373 e. The number of aryl methyl sites for hydroxylation is 1. The van der Waals surface area contributed by atoms with Crippen LogP contribution in [0, 0.1) is 6.92 Å². The van der Waals surface area contributed by atoms with Crippen LogP contribution in [0.5, 0.6) is 0 Å². The van der Waals surface area contributed by atoms with Crippen LogP contribution in [0.4, 0.5) is 5.82 Å². The number of likely N-dealkylation sites (tertiary alicyclic amines) is 1. The fourth-order valence-electron chi connectivity index (χ4n) is 2.31. The van der Waals surface area contributed by atoms with Crippen molar-refractivity contribution < 1.29 is 4.79 Å². The van der Waals surface area contributed by atoms with E-state index >= 15 is 0 Å². The predicted octanol–water partition coefficient (Wildman–Crippen LogP) is 1.73. The SMILES string of the molecule is CNc1ccc([C@@H]2CCCN2C=O)c(C)n1. The molecule has 1 atom stereocenters. The highest BCUT2D eigenvalue weighted by molar-refractivity contribution is 5.50. The van der Waals surface area contributed by atoms with Crippen molar-refractivity contribution in [3.63, 3.8) is 0 Å². The maximum absolute atomic E-state index is 10.9. The summed E-state index contributed by atoms with van der Waals surface area (Å²) in [5, 5.41) is 3.02. The Bertz CT molecular complexity index is 392. The highest BCUT2D eigenvalue weighted by Gasteiger charge is 2.26. The molecule has 2 heterocycles. The van der Waals surface area contributed by atoms with E-state index in [9.17, 15) is 4.79 Å². The first kappa shape index (κ1) is 10.9. The van der Waals surface area contributed by atoms with Gasteiger partial charge in [0.15, 0.2) is 0 Å². The maximum Gasteiger partial charge on any atom is 0.210 e. The van der Waals surface area contributed by atoms with E-state index in [1.54, 1.807) is 0 Å². The number of carbonyl (C=O) groups excluding carboxylic acids is 1. The summed E-state index contributed by atoms with van der Waals surface area (Å²) in [5.41, 5.74) is 2.18. The van der Waals surface area contributed by atoms with Crippen LogP contribution in [0.3, 0.4) is 0 Å². The second kappa shape index (κ2) is 4.51. The molecule has 0 radical (unpaired) electrons. The fraction of sp³-hybridized carbons (Fsp3) is 0.500.